The first kappa shape index (κ1) is 13.8. The Morgan fingerprint density at radius 1 is 1.00 bits per heavy atom. The van der Waals surface area contributed by atoms with Crippen LogP contribution in [0.5, 0.6) is 0 Å². The minimum absolute atomic E-state index is 0.202. The standard InChI is InChI=1S/C12H22F3N/c1-11(2,3)9-6-4-8(5-7-9)10(16)12(13,14)15/h8-10H,4-7,16H2,1-3H3. The number of hydrogen-bond acceptors (Lipinski definition) is 1. The molecule has 1 rings (SSSR count). The predicted octanol–water partition coefficient (Wildman–Crippen LogP) is 3.73. The zero-order valence-corrected chi connectivity index (χ0v) is 10.3. The molecule has 4 heteroatoms. The quantitative estimate of drug-likeness (QED) is 0.739. The summed E-state index contributed by atoms with van der Waals surface area (Å²) in [4.78, 5) is 0. The molecule has 1 aliphatic rings. The van der Waals surface area contributed by atoms with Gasteiger partial charge in [-0.25, -0.2) is 0 Å². The number of halogens is 3. The van der Waals surface area contributed by atoms with Crippen molar-refractivity contribution in [3.05, 3.63) is 0 Å². The van der Waals surface area contributed by atoms with Gasteiger partial charge in [0.1, 0.15) is 6.04 Å². The second kappa shape index (κ2) is 4.55. The van der Waals surface area contributed by atoms with Gasteiger partial charge in [0.05, 0.1) is 0 Å². The summed E-state index contributed by atoms with van der Waals surface area (Å²) in [5.41, 5.74) is 5.46. The van der Waals surface area contributed by atoms with E-state index in [-0.39, 0.29) is 11.3 Å². The molecule has 2 N–H and O–H groups in total. The first-order chi connectivity index (χ1) is 7.12. The van der Waals surface area contributed by atoms with E-state index in [0.717, 1.165) is 12.8 Å². The Hall–Kier alpha value is -0.250. The Balaban J connectivity index is 2.50. The molecule has 0 aromatic heterocycles. The third-order valence-corrected chi connectivity index (χ3v) is 3.88. The summed E-state index contributed by atoms with van der Waals surface area (Å²) in [7, 11) is 0. The van der Waals surface area contributed by atoms with Gasteiger partial charge in [-0.15, -0.1) is 0 Å². The molecule has 1 fully saturated rings. The molecule has 0 heterocycles. The average molecular weight is 237 g/mol. The van der Waals surface area contributed by atoms with Crippen molar-refractivity contribution in [3.63, 3.8) is 0 Å². The van der Waals surface area contributed by atoms with Gasteiger partial charge in [-0.2, -0.15) is 13.2 Å². The topological polar surface area (TPSA) is 26.0 Å². The normalized spacial score (nSPS) is 30.2. The van der Waals surface area contributed by atoms with Crippen molar-refractivity contribution >= 4 is 0 Å². The molecular formula is C12H22F3N. The van der Waals surface area contributed by atoms with Gasteiger partial charge in [-0.1, -0.05) is 20.8 Å². The molecule has 0 saturated heterocycles. The van der Waals surface area contributed by atoms with Crippen molar-refractivity contribution in [1.29, 1.82) is 0 Å². The molecule has 0 amide bonds. The van der Waals surface area contributed by atoms with Crippen LogP contribution in [0.15, 0.2) is 0 Å². The lowest BCUT2D eigenvalue weighted by Crippen LogP contribution is -2.45. The number of nitrogens with two attached hydrogens (primary N) is 1. The van der Waals surface area contributed by atoms with Gasteiger partial charge in [0.25, 0.3) is 0 Å². The van der Waals surface area contributed by atoms with Crippen LogP contribution >= 0.6 is 0 Å². The van der Waals surface area contributed by atoms with Gasteiger partial charge >= 0.3 is 6.18 Å². The predicted molar refractivity (Wildman–Crippen MR) is 58.9 cm³/mol. The van der Waals surface area contributed by atoms with Crippen LogP contribution in [0.2, 0.25) is 0 Å². The van der Waals surface area contributed by atoms with Gasteiger partial charge in [0.15, 0.2) is 0 Å². The molecule has 1 unspecified atom stereocenters. The maximum absolute atomic E-state index is 12.4. The fourth-order valence-electron chi connectivity index (χ4n) is 2.61. The summed E-state index contributed by atoms with van der Waals surface area (Å²) in [6.07, 6.45) is -1.26. The highest BCUT2D eigenvalue weighted by Gasteiger charge is 2.43. The van der Waals surface area contributed by atoms with E-state index in [0.29, 0.717) is 18.8 Å². The van der Waals surface area contributed by atoms with Gasteiger partial charge in [0, 0.05) is 0 Å². The van der Waals surface area contributed by atoms with Crippen LogP contribution in [-0.2, 0) is 0 Å². The molecule has 0 bridgehead atoms. The highest BCUT2D eigenvalue weighted by molar-refractivity contribution is 4.87. The van der Waals surface area contributed by atoms with Crippen molar-refractivity contribution in [3.8, 4) is 0 Å². The van der Waals surface area contributed by atoms with E-state index in [2.05, 4.69) is 20.8 Å². The van der Waals surface area contributed by atoms with Gasteiger partial charge in [0.2, 0.25) is 0 Å². The molecule has 0 aromatic carbocycles. The van der Waals surface area contributed by atoms with E-state index in [9.17, 15) is 13.2 Å². The van der Waals surface area contributed by atoms with E-state index in [4.69, 9.17) is 5.73 Å². The second-order valence-electron chi connectivity index (χ2n) is 6.05. The molecule has 16 heavy (non-hydrogen) atoms. The summed E-state index contributed by atoms with van der Waals surface area (Å²) in [5, 5.41) is 0. The van der Waals surface area contributed by atoms with Gasteiger partial charge < -0.3 is 5.73 Å². The molecule has 0 spiro atoms. The van der Waals surface area contributed by atoms with Crippen LogP contribution in [-0.4, -0.2) is 12.2 Å². The molecule has 1 nitrogen and oxygen atoms in total. The SMILES string of the molecule is CC(C)(C)C1CCC(C(N)C(F)(F)F)CC1. The first-order valence-corrected chi connectivity index (χ1v) is 5.94. The van der Waals surface area contributed by atoms with E-state index in [1.807, 2.05) is 0 Å². The molecule has 1 atom stereocenters. The Morgan fingerprint density at radius 2 is 1.44 bits per heavy atom. The number of hydrogen-bond donors (Lipinski definition) is 1. The number of rotatable bonds is 1. The van der Waals surface area contributed by atoms with E-state index >= 15 is 0 Å². The van der Waals surface area contributed by atoms with Gasteiger partial charge in [-0.3, -0.25) is 0 Å². The Labute approximate surface area is 95.6 Å². The molecule has 0 aliphatic heterocycles. The monoisotopic (exact) mass is 237 g/mol. The van der Waals surface area contributed by atoms with E-state index in [1.54, 1.807) is 0 Å². The highest BCUT2D eigenvalue weighted by atomic mass is 19.4. The summed E-state index contributed by atoms with van der Waals surface area (Å²) in [5.74, 6) is 0.155. The summed E-state index contributed by atoms with van der Waals surface area (Å²) in [6, 6.07) is -1.63. The minimum Gasteiger partial charge on any atom is -0.320 e. The Kier molecular flexibility index (Phi) is 3.93. The Morgan fingerprint density at radius 3 is 1.75 bits per heavy atom. The lowest BCUT2D eigenvalue weighted by molar-refractivity contribution is -0.162. The van der Waals surface area contributed by atoms with Crippen molar-refractivity contribution in [2.24, 2.45) is 23.0 Å². The van der Waals surface area contributed by atoms with Crippen molar-refractivity contribution in [2.45, 2.75) is 58.7 Å². The van der Waals surface area contributed by atoms with Crippen LogP contribution in [0.1, 0.15) is 46.5 Å². The summed E-state index contributed by atoms with van der Waals surface area (Å²) in [6.45, 7) is 6.46. The molecule has 0 radical (unpaired) electrons. The summed E-state index contributed by atoms with van der Waals surface area (Å²) >= 11 is 0. The number of alkyl halides is 3. The molecular weight excluding hydrogens is 215 g/mol. The molecule has 1 saturated carbocycles. The van der Waals surface area contributed by atoms with Crippen LogP contribution in [0, 0.1) is 17.3 Å². The highest BCUT2D eigenvalue weighted by Crippen LogP contribution is 2.42. The zero-order chi connectivity index (χ0) is 12.6. The fraction of sp³-hybridized carbons (Fsp3) is 1.00. The van der Waals surface area contributed by atoms with Crippen molar-refractivity contribution < 1.29 is 13.2 Å². The molecule has 0 aromatic rings. The second-order valence-corrected chi connectivity index (χ2v) is 6.05. The largest absolute Gasteiger partial charge is 0.403 e. The smallest absolute Gasteiger partial charge is 0.320 e. The maximum atomic E-state index is 12.4. The third kappa shape index (κ3) is 3.37. The summed E-state index contributed by atoms with van der Waals surface area (Å²) < 4.78 is 37.3. The van der Waals surface area contributed by atoms with Gasteiger partial charge in [-0.05, 0) is 42.9 Å². The van der Waals surface area contributed by atoms with Crippen LogP contribution in [0.3, 0.4) is 0 Å². The molecule has 96 valence electrons. The lowest BCUT2D eigenvalue weighted by Gasteiger charge is -2.38. The maximum Gasteiger partial charge on any atom is 0.403 e. The van der Waals surface area contributed by atoms with Crippen molar-refractivity contribution in [2.75, 3.05) is 0 Å². The fourth-order valence-corrected chi connectivity index (χ4v) is 2.61. The van der Waals surface area contributed by atoms with Crippen molar-refractivity contribution in [1.82, 2.24) is 0 Å². The molecule has 1 aliphatic carbocycles. The van der Waals surface area contributed by atoms with Crippen LogP contribution in [0.4, 0.5) is 13.2 Å². The van der Waals surface area contributed by atoms with E-state index < -0.39 is 12.2 Å². The zero-order valence-electron chi connectivity index (χ0n) is 10.3. The first-order valence-electron chi connectivity index (χ1n) is 5.94. The Bertz CT molecular complexity index is 221. The minimum atomic E-state index is -4.24. The van der Waals surface area contributed by atoms with E-state index in [1.165, 1.54) is 0 Å². The van der Waals surface area contributed by atoms with Crippen LogP contribution < -0.4 is 5.73 Å². The lowest BCUT2D eigenvalue weighted by atomic mass is 9.68. The van der Waals surface area contributed by atoms with Crippen LogP contribution in [0.25, 0.3) is 0 Å². The average Bonchev–Trinajstić information content (AvgIpc) is 2.14. The third-order valence-electron chi connectivity index (χ3n) is 3.88.